The number of oxazole rings is 1. The molecule has 1 N–H and O–H groups in total. The average molecular weight is 386 g/mol. The third-order valence-electron chi connectivity index (χ3n) is 4.52. The number of nitrogens with one attached hydrogen (secondary N) is 1. The predicted molar refractivity (Wildman–Crippen MR) is 105 cm³/mol. The number of carbonyl (C=O) groups is 1. The van der Waals surface area contributed by atoms with Crippen LogP contribution in [-0.4, -0.2) is 48.6 Å². The molecule has 2 aromatic carbocycles. The molecule has 1 saturated heterocycles. The maximum Gasteiger partial charge on any atom is 0.227 e. The number of rotatable bonds is 5. The summed E-state index contributed by atoms with van der Waals surface area (Å²) in [5, 5.41) is 3.55. The van der Waals surface area contributed by atoms with E-state index >= 15 is 0 Å². The maximum atomic E-state index is 12.1. The van der Waals surface area contributed by atoms with Crippen LogP contribution in [0.2, 0.25) is 5.02 Å². The highest BCUT2D eigenvalue weighted by molar-refractivity contribution is 6.31. The van der Waals surface area contributed by atoms with Gasteiger partial charge in [-0.05, 0) is 42.5 Å². The number of carbonyl (C=O) groups excluding carboxylic acids is 1. The highest BCUT2D eigenvalue weighted by atomic mass is 35.5. The summed E-state index contributed by atoms with van der Waals surface area (Å²) in [5.74, 6) is 0.531. The van der Waals surface area contributed by atoms with Crippen molar-refractivity contribution in [1.82, 2.24) is 9.88 Å². The van der Waals surface area contributed by atoms with Crippen LogP contribution in [0.15, 0.2) is 46.9 Å². The lowest BCUT2D eigenvalue weighted by Crippen LogP contribution is -2.38. The molecule has 1 aliphatic rings. The van der Waals surface area contributed by atoms with Crippen LogP contribution >= 0.6 is 11.6 Å². The van der Waals surface area contributed by atoms with Gasteiger partial charge in [0.2, 0.25) is 11.8 Å². The zero-order valence-electron chi connectivity index (χ0n) is 14.8. The number of aromatic nitrogens is 1. The Morgan fingerprint density at radius 2 is 1.93 bits per heavy atom. The summed E-state index contributed by atoms with van der Waals surface area (Å²) < 4.78 is 11.1. The first-order chi connectivity index (χ1) is 13.2. The van der Waals surface area contributed by atoms with Gasteiger partial charge in [0, 0.05) is 42.3 Å². The lowest BCUT2D eigenvalue weighted by Gasteiger charge is -2.26. The Morgan fingerprint density at radius 3 is 2.70 bits per heavy atom. The molecule has 7 heteroatoms. The molecule has 0 atom stereocenters. The highest BCUT2D eigenvalue weighted by Gasteiger charge is 2.13. The second-order valence-electron chi connectivity index (χ2n) is 6.46. The smallest absolute Gasteiger partial charge is 0.227 e. The van der Waals surface area contributed by atoms with Gasteiger partial charge in [0.1, 0.15) is 5.52 Å². The summed E-state index contributed by atoms with van der Waals surface area (Å²) in [4.78, 5) is 18.9. The van der Waals surface area contributed by atoms with Crippen molar-refractivity contribution in [2.45, 2.75) is 6.42 Å². The summed E-state index contributed by atoms with van der Waals surface area (Å²) in [7, 11) is 0. The molecule has 0 bridgehead atoms. The van der Waals surface area contributed by atoms with Crippen LogP contribution in [0.5, 0.6) is 0 Å². The Bertz CT molecular complexity index is 933. The van der Waals surface area contributed by atoms with Gasteiger partial charge in [-0.15, -0.1) is 0 Å². The number of ether oxygens (including phenoxy) is 1. The molecule has 0 saturated carbocycles. The maximum absolute atomic E-state index is 12.1. The van der Waals surface area contributed by atoms with E-state index in [-0.39, 0.29) is 5.91 Å². The molecule has 2 heterocycles. The van der Waals surface area contributed by atoms with Crippen LogP contribution in [0.4, 0.5) is 5.69 Å². The minimum Gasteiger partial charge on any atom is -0.436 e. The summed E-state index contributed by atoms with van der Waals surface area (Å²) in [5.41, 5.74) is 3.01. The van der Waals surface area contributed by atoms with Crippen LogP contribution in [0.3, 0.4) is 0 Å². The number of hydrogen-bond acceptors (Lipinski definition) is 5. The molecular weight excluding hydrogens is 366 g/mol. The minimum atomic E-state index is 0.00532. The predicted octanol–water partition coefficient (Wildman–Crippen LogP) is 3.81. The fraction of sp³-hybridized carbons (Fsp3) is 0.300. The van der Waals surface area contributed by atoms with E-state index in [1.165, 1.54) is 0 Å². The standard InChI is InChI=1S/C20H20ClN3O3/c21-15-3-6-18-17(13-15)23-20(27-18)14-1-4-16(5-2-14)22-19(25)7-8-24-9-11-26-12-10-24/h1-6,13H,7-12H2,(H,22,25). The number of nitrogens with zero attached hydrogens (tertiary/aromatic N) is 2. The molecule has 1 amide bonds. The highest BCUT2D eigenvalue weighted by Crippen LogP contribution is 2.27. The summed E-state index contributed by atoms with van der Waals surface area (Å²) in [6.07, 6.45) is 0.466. The van der Waals surface area contributed by atoms with Crippen molar-refractivity contribution in [3.63, 3.8) is 0 Å². The molecule has 3 aromatic rings. The zero-order chi connectivity index (χ0) is 18.6. The molecule has 1 aromatic heterocycles. The quantitative estimate of drug-likeness (QED) is 0.723. The van der Waals surface area contributed by atoms with Crippen molar-refractivity contribution in [1.29, 1.82) is 0 Å². The van der Waals surface area contributed by atoms with Crippen LogP contribution in [0, 0.1) is 0 Å². The van der Waals surface area contributed by atoms with Gasteiger partial charge >= 0.3 is 0 Å². The average Bonchev–Trinajstić information content (AvgIpc) is 3.11. The second kappa shape index (κ2) is 8.08. The number of hydrogen-bond donors (Lipinski definition) is 1. The van der Waals surface area contributed by atoms with Gasteiger partial charge < -0.3 is 14.5 Å². The van der Waals surface area contributed by atoms with Gasteiger partial charge in [0.05, 0.1) is 13.2 Å². The first-order valence-electron chi connectivity index (χ1n) is 8.94. The van der Waals surface area contributed by atoms with E-state index < -0.39 is 0 Å². The number of morpholine rings is 1. The number of fused-ring (bicyclic) bond motifs is 1. The fourth-order valence-electron chi connectivity index (χ4n) is 3.03. The van der Waals surface area contributed by atoms with Gasteiger partial charge in [0.15, 0.2) is 5.58 Å². The molecule has 27 heavy (non-hydrogen) atoms. The molecule has 0 spiro atoms. The SMILES string of the molecule is O=C(CCN1CCOCC1)Nc1ccc(-c2nc3cc(Cl)ccc3o2)cc1. The fourth-order valence-corrected chi connectivity index (χ4v) is 3.19. The Balaban J connectivity index is 1.37. The van der Waals surface area contributed by atoms with Crippen molar-refractivity contribution in [3.05, 3.63) is 47.5 Å². The molecule has 4 rings (SSSR count). The van der Waals surface area contributed by atoms with E-state index in [2.05, 4.69) is 15.2 Å². The zero-order valence-corrected chi connectivity index (χ0v) is 15.5. The summed E-state index contributed by atoms with van der Waals surface area (Å²) >= 11 is 5.99. The van der Waals surface area contributed by atoms with E-state index in [1.807, 2.05) is 24.3 Å². The van der Waals surface area contributed by atoms with Crippen molar-refractivity contribution in [2.24, 2.45) is 0 Å². The van der Waals surface area contributed by atoms with Gasteiger partial charge in [-0.3, -0.25) is 9.69 Å². The first kappa shape index (κ1) is 18.0. The van der Waals surface area contributed by atoms with E-state index in [0.29, 0.717) is 22.9 Å². The van der Waals surface area contributed by atoms with E-state index in [4.69, 9.17) is 20.8 Å². The number of amides is 1. The minimum absolute atomic E-state index is 0.00532. The van der Waals surface area contributed by atoms with Gasteiger partial charge in [-0.25, -0.2) is 4.98 Å². The van der Waals surface area contributed by atoms with Gasteiger partial charge in [0.25, 0.3) is 0 Å². The van der Waals surface area contributed by atoms with Crippen LogP contribution in [-0.2, 0) is 9.53 Å². The molecule has 1 fully saturated rings. The Hall–Kier alpha value is -2.41. The Kier molecular flexibility index (Phi) is 5.38. The van der Waals surface area contributed by atoms with E-state index in [9.17, 15) is 4.79 Å². The lowest BCUT2D eigenvalue weighted by atomic mass is 10.2. The van der Waals surface area contributed by atoms with Crippen molar-refractivity contribution in [3.8, 4) is 11.5 Å². The molecule has 0 aliphatic carbocycles. The third kappa shape index (κ3) is 4.47. The number of halogens is 1. The van der Waals surface area contributed by atoms with Gasteiger partial charge in [-0.2, -0.15) is 0 Å². The van der Waals surface area contributed by atoms with Gasteiger partial charge in [-0.1, -0.05) is 11.6 Å². The van der Waals surface area contributed by atoms with E-state index in [1.54, 1.807) is 18.2 Å². The molecule has 1 aliphatic heterocycles. The van der Waals surface area contributed by atoms with E-state index in [0.717, 1.165) is 49.6 Å². The number of anilines is 1. The monoisotopic (exact) mass is 385 g/mol. The van der Waals surface area contributed by atoms with Crippen LogP contribution in [0.1, 0.15) is 6.42 Å². The van der Waals surface area contributed by atoms with Crippen molar-refractivity contribution < 1.29 is 13.9 Å². The molecule has 0 unspecified atom stereocenters. The Morgan fingerprint density at radius 1 is 1.15 bits per heavy atom. The van der Waals surface area contributed by atoms with Crippen LogP contribution < -0.4 is 5.32 Å². The normalized spacial score (nSPS) is 15.1. The Labute approximate surface area is 162 Å². The van der Waals surface area contributed by atoms with Crippen molar-refractivity contribution in [2.75, 3.05) is 38.2 Å². The molecule has 0 radical (unpaired) electrons. The summed E-state index contributed by atoms with van der Waals surface area (Å²) in [6, 6.07) is 12.8. The van der Waals surface area contributed by atoms with Crippen LogP contribution in [0.25, 0.3) is 22.6 Å². The van der Waals surface area contributed by atoms with Crippen molar-refractivity contribution >= 4 is 34.3 Å². The molecule has 6 nitrogen and oxygen atoms in total. The largest absolute Gasteiger partial charge is 0.436 e. The molecule has 140 valence electrons. The summed E-state index contributed by atoms with van der Waals surface area (Å²) in [6.45, 7) is 4.00. The first-order valence-corrected chi connectivity index (χ1v) is 9.32. The topological polar surface area (TPSA) is 67.6 Å². The second-order valence-corrected chi connectivity index (χ2v) is 6.90. The molecular formula is C20H20ClN3O3. The lowest BCUT2D eigenvalue weighted by molar-refractivity contribution is -0.116. The number of benzene rings is 2. The third-order valence-corrected chi connectivity index (χ3v) is 4.76.